The maximum absolute atomic E-state index is 12.6. The maximum atomic E-state index is 12.6. The van der Waals surface area contributed by atoms with E-state index >= 15 is 0 Å². The predicted octanol–water partition coefficient (Wildman–Crippen LogP) is 5.50. The first-order chi connectivity index (χ1) is 14.1. The van der Waals surface area contributed by atoms with Crippen molar-refractivity contribution in [2.24, 2.45) is 5.92 Å². The normalized spacial score (nSPS) is 12.0. The Bertz CT molecular complexity index is 1010. The lowest BCUT2D eigenvalue weighted by atomic mass is 9.88. The van der Waals surface area contributed by atoms with E-state index in [2.05, 4.69) is 12.7 Å². The van der Waals surface area contributed by atoms with Crippen LogP contribution in [0.4, 0.5) is 0 Å². The van der Waals surface area contributed by atoms with Crippen molar-refractivity contribution >= 4 is 11.9 Å². The van der Waals surface area contributed by atoms with Crippen molar-refractivity contribution < 1.29 is 25.2 Å². The summed E-state index contributed by atoms with van der Waals surface area (Å²) in [5.74, 6) is -1.06. The first kappa shape index (κ1) is 22.8. The molecule has 0 unspecified atom stereocenters. The zero-order chi connectivity index (χ0) is 22.4. The van der Waals surface area contributed by atoms with E-state index < -0.39 is 5.78 Å². The topological polar surface area (TPSA) is 98.0 Å². The number of phenolic OH excluding ortho intramolecular Hbond substituents is 4. The van der Waals surface area contributed by atoms with Gasteiger partial charge in [0.05, 0.1) is 5.56 Å². The zero-order valence-electron chi connectivity index (χ0n) is 17.5. The Morgan fingerprint density at radius 2 is 1.73 bits per heavy atom. The third-order valence-corrected chi connectivity index (χ3v) is 4.91. The summed E-state index contributed by atoms with van der Waals surface area (Å²) in [6.45, 7) is 9.92. The van der Waals surface area contributed by atoms with Crippen LogP contribution < -0.4 is 0 Å². The molecule has 0 amide bonds. The van der Waals surface area contributed by atoms with E-state index in [-0.39, 0.29) is 34.5 Å². The van der Waals surface area contributed by atoms with Crippen LogP contribution in [-0.2, 0) is 6.42 Å². The van der Waals surface area contributed by atoms with E-state index in [9.17, 15) is 25.2 Å². The lowest BCUT2D eigenvalue weighted by Gasteiger charge is -2.18. The lowest BCUT2D eigenvalue weighted by molar-refractivity contribution is 0.104. The number of hydrogen-bond donors (Lipinski definition) is 4. The molecule has 2 aromatic carbocycles. The quantitative estimate of drug-likeness (QED) is 0.263. The van der Waals surface area contributed by atoms with Crippen LogP contribution in [0, 0.1) is 5.92 Å². The van der Waals surface area contributed by atoms with E-state index in [1.807, 2.05) is 20.8 Å². The number of aromatic hydroxyl groups is 4. The van der Waals surface area contributed by atoms with Crippen LogP contribution in [0.5, 0.6) is 23.0 Å². The average Bonchev–Trinajstić information content (AvgIpc) is 2.66. The van der Waals surface area contributed by atoms with Crippen molar-refractivity contribution in [1.82, 2.24) is 0 Å². The van der Waals surface area contributed by atoms with Crippen LogP contribution in [0.25, 0.3) is 6.08 Å². The molecular weight excluding hydrogens is 380 g/mol. The number of benzene rings is 2. The van der Waals surface area contributed by atoms with E-state index in [1.54, 1.807) is 0 Å². The molecule has 158 valence electrons. The molecule has 30 heavy (non-hydrogen) atoms. The molecule has 0 heterocycles. The molecule has 2 aromatic rings. The standard InChI is InChI=1S/C25H28O5/c1-15(2)5-6-18(16(3)4)13-21-23(28)12-10-20(25(21)30)22(27)11-8-17-7-9-19(26)14-24(17)29/h5,7-12,14,18,26,28-30H,3,6,13H2,1-2,4H3/b11-8+/t18-/m0/s1. The fourth-order valence-electron chi connectivity index (χ4n) is 3.04. The minimum atomic E-state index is -0.475. The van der Waals surface area contributed by atoms with Gasteiger partial charge in [0.1, 0.15) is 23.0 Å². The van der Waals surface area contributed by atoms with Gasteiger partial charge in [-0.05, 0) is 75.9 Å². The van der Waals surface area contributed by atoms with E-state index in [1.165, 1.54) is 48.1 Å². The van der Waals surface area contributed by atoms with Crippen molar-refractivity contribution in [3.8, 4) is 23.0 Å². The first-order valence-corrected chi connectivity index (χ1v) is 9.67. The summed E-state index contributed by atoms with van der Waals surface area (Å²) in [5.41, 5.74) is 2.80. The summed E-state index contributed by atoms with van der Waals surface area (Å²) in [6, 6.07) is 6.79. The second kappa shape index (κ2) is 9.83. The van der Waals surface area contributed by atoms with Gasteiger partial charge in [-0.3, -0.25) is 4.79 Å². The number of rotatable bonds is 8. The van der Waals surface area contributed by atoms with Crippen LogP contribution in [0.15, 0.2) is 60.2 Å². The molecule has 1 atom stereocenters. The fourth-order valence-corrected chi connectivity index (χ4v) is 3.04. The molecule has 5 heteroatoms. The number of carbonyl (C=O) groups is 1. The summed E-state index contributed by atoms with van der Waals surface area (Å²) in [4.78, 5) is 12.6. The summed E-state index contributed by atoms with van der Waals surface area (Å²) in [6.07, 6.45) is 5.76. The van der Waals surface area contributed by atoms with Gasteiger partial charge >= 0.3 is 0 Å². The molecule has 0 fully saturated rings. The van der Waals surface area contributed by atoms with Gasteiger partial charge < -0.3 is 20.4 Å². The van der Waals surface area contributed by atoms with Crippen LogP contribution in [0.3, 0.4) is 0 Å². The van der Waals surface area contributed by atoms with Gasteiger partial charge in [0.25, 0.3) is 0 Å². The highest BCUT2D eigenvalue weighted by molar-refractivity contribution is 6.09. The molecule has 0 saturated carbocycles. The third kappa shape index (κ3) is 5.77. The fraction of sp³-hybridized carbons (Fsp3) is 0.240. The summed E-state index contributed by atoms with van der Waals surface area (Å²) < 4.78 is 0. The molecule has 0 aromatic heterocycles. The Morgan fingerprint density at radius 3 is 2.33 bits per heavy atom. The number of phenols is 4. The Kier molecular flexibility index (Phi) is 7.48. The van der Waals surface area contributed by atoms with E-state index in [4.69, 9.17) is 0 Å². The van der Waals surface area contributed by atoms with Crippen molar-refractivity contribution in [3.05, 3.63) is 76.9 Å². The highest BCUT2D eigenvalue weighted by atomic mass is 16.3. The third-order valence-electron chi connectivity index (χ3n) is 4.91. The van der Waals surface area contributed by atoms with Gasteiger partial charge in [-0.2, -0.15) is 0 Å². The Labute approximate surface area is 177 Å². The van der Waals surface area contributed by atoms with Crippen molar-refractivity contribution in [3.63, 3.8) is 0 Å². The summed E-state index contributed by atoms with van der Waals surface area (Å²) in [7, 11) is 0. The van der Waals surface area contributed by atoms with Crippen LogP contribution in [0.2, 0.25) is 0 Å². The van der Waals surface area contributed by atoms with Gasteiger partial charge in [0.2, 0.25) is 0 Å². The van der Waals surface area contributed by atoms with Crippen LogP contribution in [0.1, 0.15) is 48.7 Å². The molecule has 2 rings (SSSR count). The number of carbonyl (C=O) groups excluding carboxylic acids is 1. The van der Waals surface area contributed by atoms with Crippen molar-refractivity contribution in [1.29, 1.82) is 0 Å². The molecule has 0 aliphatic heterocycles. The lowest BCUT2D eigenvalue weighted by Crippen LogP contribution is -2.07. The van der Waals surface area contributed by atoms with Crippen molar-refractivity contribution in [2.45, 2.75) is 33.6 Å². The predicted molar refractivity (Wildman–Crippen MR) is 119 cm³/mol. The van der Waals surface area contributed by atoms with Gasteiger partial charge in [0, 0.05) is 17.2 Å². The average molecular weight is 408 g/mol. The minimum Gasteiger partial charge on any atom is -0.508 e. The smallest absolute Gasteiger partial charge is 0.189 e. The minimum absolute atomic E-state index is 0.00605. The van der Waals surface area contributed by atoms with Gasteiger partial charge in [-0.25, -0.2) is 0 Å². The SMILES string of the molecule is C=C(C)[C@@H](CC=C(C)C)Cc1c(O)ccc(C(=O)/C=C/c2ccc(O)cc2O)c1O. The maximum Gasteiger partial charge on any atom is 0.189 e. The molecular formula is C25H28O5. The monoisotopic (exact) mass is 408 g/mol. The van der Waals surface area contributed by atoms with Gasteiger partial charge in [-0.1, -0.05) is 23.8 Å². The first-order valence-electron chi connectivity index (χ1n) is 9.67. The van der Waals surface area contributed by atoms with Gasteiger partial charge in [0.15, 0.2) is 5.78 Å². The molecule has 4 N–H and O–H groups in total. The molecule has 5 nitrogen and oxygen atoms in total. The van der Waals surface area contributed by atoms with Crippen molar-refractivity contribution in [2.75, 3.05) is 0 Å². The largest absolute Gasteiger partial charge is 0.508 e. The highest BCUT2D eigenvalue weighted by Gasteiger charge is 2.20. The van der Waals surface area contributed by atoms with Crippen LogP contribution >= 0.6 is 0 Å². The molecule has 0 aliphatic rings. The summed E-state index contributed by atoms with van der Waals surface area (Å²) >= 11 is 0. The molecule has 0 saturated heterocycles. The molecule has 0 bridgehead atoms. The zero-order valence-corrected chi connectivity index (χ0v) is 17.5. The highest BCUT2D eigenvalue weighted by Crippen LogP contribution is 2.35. The molecule has 0 spiro atoms. The number of ketones is 1. The second-order valence-corrected chi connectivity index (χ2v) is 7.66. The van der Waals surface area contributed by atoms with E-state index in [0.29, 0.717) is 17.5 Å². The second-order valence-electron chi connectivity index (χ2n) is 7.66. The van der Waals surface area contributed by atoms with Crippen LogP contribution in [-0.4, -0.2) is 26.2 Å². The molecule has 0 radical (unpaired) electrons. The number of allylic oxidation sites excluding steroid dienone is 4. The van der Waals surface area contributed by atoms with Gasteiger partial charge in [-0.15, -0.1) is 0 Å². The number of hydrogen-bond acceptors (Lipinski definition) is 5. The Morgan fingerprint density at radius 1 is 1.03 bits per heavy atom. The Hall–Kier alpha value is -3.47. The Balaban J connectivity index is 2.32. The summed E-state index contributed by atoms with van der Waals surface area (Å²) in [5, 5.41) is 40.2. The van der Waals surface area contributed by atoms with E-state index in [0.717, 1.165) is 12.0 Å². The molecule has 0 aliphatic carbocycles.